The highest BCUT2D eigenvalue weighted by Gasteiger charge is 2.20. The molecule has 4 rings (SSSR count). The Kier molecular flexibility index (Phi) is 3.57. The van der Waals surface area contributed by atoms with Gasteiger partial charge in [-0.3, -0.25) is 9.59 Å². The minimum Gasteiger partial charge on any atom is -0.453 e. The molecule has 1 amide bonds. The molecule has 0 unspecified atom stereocenters. The van der Waals surface area contributed by atoms with Crippen molar-refractivity contribution in [1.29, 1.82) is 0 Å². The van der Waals surface area contributed by atoms with Gasteiger partial charge in [0, 0.05) is 22.2 Å². The van der Waals surface area contributed by atoms with Crippen molar-refractivity contribution in [2.24, 2.45) is 0 Å². The number of rotatable bonds is 4. The maximum atomic E-state index is 12.2. The number of aromatic amines is 1. The summed E-state index contributed by atoms with van der Waals surface area (Å²) in [5.41, 5.74) is 3.04. The molecular formula is C19H14N2O4. The van der Waals surface area contributed by atoms with Gasteiger partial charge in [-0.2, -0.15) is 0 Å². The number of anilines is 1. The topological polar surface area (TPSA) is 88.3 Å². The Morgan fingerprint density at radius 2 is 1.92 bits per heavy atom. The van der Waals surface area contributed by atoms with E-state index in [2.05, 4.69) is 10.3 Å². The second kappa shape index (κ2) is 5.90. The number of Topliss-reactive ketones (excluding diaryl/α,β-unsaturated/α-hetero) is 1. The van der Waals surface area contributed by atoms with Gasteiger partial charge in [0.05, 0.1) is 6.42 Å². The number of carbonyl (C=O) groups excluding carboxylic acids is 3. The molecule has 0 aliphatic carbocycles. The van der Waals surface area contributed by atoms with Crippen molar-refractivity contribution in [2.45, 2.75) is 6.42 Å². The Morgan fingerprint density at radius 1 is 1.08 bits per heavy atom. The van der Waals surface area contributed by atoms with E-state index >= 15 is 0 Å². The maximum Gasteiger partial charge on any atom is 0.355 e. The quantitative estimate of drug-likeness (QED) is 0.567. The molecule has 6 heteroatoms. The van der Waals surface area contributed by atoms with E-state index in [9.17, 15) is 14.4 Å². The molecule has 0 saturated heterocycles. The summed E-state index contributed by atoms with van der Waals surface area (Å²) >= 11 is 0. The first-order chi connectivity index (χ1) is 12.1. The van der Waals surface area contributed by atoms with E-state index in [1.54, 1.807) is 24.3 Å². The van der Waals surface area contributed by atoms with Crippen LogP contribution in [0.25, 0.3) is 10.9 Å². The Balaban J connectivity index is 1.44. The molecule has 2 heterocycles. The van der Waals surface area contributed by atoms with Gasteiger partial charge >= 0.3 is 5.97 Å². The van der Waals surface area contributed by atoms with Crippen LogP contribution in [0.2, 0.25) is 0 Å². The minimum absolute atomic E-state index is 0.0927. The van der Waals surface area contributed by atoms with Gasteiger partial charge in [0.25, 0.3) is 0 Å². The number of ether oxygens (including phenoxy) is 1. The van der Waals surface area contributed by atoms with E-state index in [0.29, 0.717) is 11.3 Å². The second-order valence-corrected chi connectivity index (χ2v) is 5.87. The van der Waals surface area contributed by atoms with Gasteiger partial charge in [0.15, 0.2) is 12.4 Å². The smallest absolute Gasteiger partial charge is 0.355 e. The zero-order chi connectivity index (χ0) is 17.4. The van der Waals surface area contributed by atoms with Crippen molar-refractivity contribution in [2.75, 3.05) is 11.9 Å². The molecular weight excluding hydrogens is 320 g/mol. The normalized spacial score (nSPS) is 12.7. The number of esters is 1. The van der Waals surface area contributed by atoms with E-state index in [0.717, 1.165) is 22.2 Å². The van der Waals surface area contributed by atoms with E-state index in [1.165, 1.54) is 0 Å². The molecule has 2 aromatic carbocycles. The number of amides is 1. The molecule has 0 spiro atoms. The van der Waals surface area contributed by atoms with Crippen molar-refractivity contribution < 1.29 is 19.1 Å². The third-order valence-corrected chi connectivity index (χ3v) is 4.14. The summed E-state index contributed by atoms with van der Waals surface area (Å²) in [6.45, 7) is -0.353. The van der Waals surface area contributed by atoms with Crippen LogP contribution in [-0.2, 0) is 16.0 Å². The monoisotopic (exact) mass is 334 g/mol. The molecule has 1 aliphatic heterocycles. The third-order valence-electron chi connectivity index (χ3n) is 4.14. The van der Waals surface area contributed by atoms with Crippen LogP contribution in [0, 0.1) is 0 Å². The number of para-hydroxylation sites is 1. The molecule has 1 aliphatic rings. The number of H-pyrrole nitrogens is 1. The lowest BCUT2D eigenvalue weighted by Gasteiger charge is -2.05. The van der Waals surface area contributed by atoms with Crippen molar-refractivity contribution in [3.63, 3.8) is 0 Å². The van der Waals surface area contributed by atoms with Crippen molar-refractivity contribution in [3.8, 4) is 0 Å². The van der Waals surface area contributed by atoms with E-state index in [1.807, 2.05) is 24.3 Å². The Bertz CT molecular complexity index is 986. The average molecular weight is 334 g/mol. The first kappa shape index (κ1) is 15.1. The number of aromatic nitrogens is 1. The molecule has 2 N–H and O–H groups in total. The number of carbonyl (C=O) groups is 3. The van der Waals surface area contributed by atoms with Gasteiger partial charge in [0.2, 0.25) is 5.91 Å². The fraction of sp³-hybridized carbons (Fsp3) is 0.105. The predicted molar refractivity (Wildman–Crippen MR) is 91.7 cm³/mol. The SMILES string of the molecule is O=C1Cc2cc(C(=O)COC(=O)c3cc4ccccc4[nH]3)ccc2N1. The highest BCUT2D eigenvalue weighted by Crippen LogP contribution is 2.24. The van der Waals surface area contributed by atoms with Crippen LogP contribution in [0.1, 0.15) is 26.4 Å². The second-order valence-electron chi connectivity index (χ2n) is 5.87. The highest BCUT2D eigenvalue weighted by atomic mass is 16.5. The lowest BCUT2D eigenvalue weighted by atomic mass is 10.1. The van der Waals surface area contributed by atoms with Crippen LogP contribution in [-0.4, -0.2) is 29.3 Å². The molecule has 124 valence electrons. The standard InChI is InChI=1S/C19H14N2O4/c22-17(12-5-6-15-13(7-12)9-18(23)21-15)10-25-19(24)16-8-11-3-1-2-4-14(11)20-16/h1-8,20H,9-10H2,(H,21,23). The van der Waals surface area contributed by atoms with Crippen LogP contribution in [0.3, 0.4) is 0 Å². The summed E-state index contributed by atoms with van der Waals surface area (Å²) in [6, 6.07) is 14.1. The number of hydrogen-bond donors (Lipinski definition) is 2. The Morgan fingerprint density at radius 3 is 2.76 bits per heavy atom. The first-order valence-electron chi connectivity index (χ1n) is 7.81. The summed E-state index contributed by atoms with van der Waals surface area (Å²) < 4.78 is 5.11. The first-order valence-corrected chi connectivity index (χ1v) is 7.81. The fourth-order valence-electron chi connectivity index (χ4n) is 2.88. The largest absolute Gasteiger partial charge is 0.453 e. The van der Waals surface area contributed by atoms with Gasteiger partial charge in [-0.25, -0.2) is 4.79 Å². The van der Waals surface area contributed by atoms with Gasteiger partial charge in [-0.1, -0.05) is 18.2 Å². The van der Waals surface area contributed by atoms with Crippen molar-refractivity contribution in [3.05, 3.63) is 65.4 Å². The van der Waals surface area contributed by atoms with E-state index in [-0.39, 0.29) is 24.7 Å². The van der Waals surface area contributed by atoms with Gasteiger partial charge < -0.3 is 15.0 Å². The van der Waals surface area contributed by atoms with Crippen LogP contribution in [0.4, 0.5) is 5.69 Å². The zero-order valence-corrected chi connectivity index (χ0v) is 13.2. The van der Waals surface area contributed by atoms with Crippen LogP contribution < -0.4 is 5.32 Å². The lowest BCUT2D eigenvalue weighted by molar-refractivity contribution is -0.115. The van der Waals surface area contributed by atoms with E-state index < -0.39 is 5.97 Å². The summed E-state index contributed by atoms with van der Waals surface area (Å²) in [5.74, 6) is -0.987. The molecule has 0 saturated carbocycles. The van der Waals surface area contributed by atoms with Crippen molar-refractivity contribution in [1.82, 2.24) is 4.98 Å². The van der Waals surface area contributed by atoms with Crippen LogP contribution in [0.5, 0.6) is 0 Å². The molecule has 0 radical (unpaired) electrons. The molecule has 0 fully saturated rings. The van der Waals surface area contributed by atoms with Crippen LogP contribution in [0.15, 0.2) is 48.5 Å². The summed E-state index contributed by atoms with van der Waals surface area (Å²) in [6.07, 6.45) is 0.255. The fourth-order valence-corrected chi connectivity index (χ4v) is 2.88. The molecule has 3 aromatic rings. The third kappa shape index (κ3) is 2.89. The molecule has 6 nitrogen and oxygen atoms in total. The van der Waals surface area contributed by atoms with Crippen LogP contribution >= 0.6 is 0 Å². The summed E-state index contributed by atoms with van der Waals surface area (Å²) in [5, 5.41) is 3.61. The lowest BCUT2D eigenvalue weighted by Crippen LogP contribution is -2.14. The average Bonchev–Trinajstić information content (AvgIpc) is 3.20. The molecule has 25 heavy (non-hydrogen) atoms. The number of ketones is 1. The van der Waals surface area contributed by atoms with Gasteiger partial charge in [-0.05, 0) is 35.9 Å². The predicted octanol–water partition coefficient (Wildman–Crippen LogP) is 2.70. The van der Waals surface area contributed by atoms with Crippen molar-refractivity contribution >= 4 is 34.3 Å². The highest BCUT2D eigenvalue weighted by molar-refractivity contribution is 6.03. The van der Waals surface area contributed by atoms with Gasteiger partial charge in [-0.15, -0.1) is 0 Å². The minimum atomic E-state index is -0.581. The summed E-state index contributed by atoms with van der Waals surface area (Å²) in [4.78, 5) is 38.7. The van der Waals surface area contributed by atoms with Gasteiger partial charge in [0.1, 0.15) is 5.69 Å². The number of hydrogen-bond acceptors (Lipinski definition) is 4. The zero-order valence-electron chi connectivity index (χ0n) is 13.2. The Hall–Kier alpha value is -3.41. The molecule has 0 bridgehead atoms. The molecule has 0 atom stereocenters. The number of fused-ring (bicyclic) bond motifs is 2. The summed E-state index contributed by atoms with van der Waals surface area (Å²) in [7, 11) is 0. The van der Waals surface area contributed by atoms with E-state index in [4.69, 9.17) is 4.74 Å². The number of nitrogens with one attached hydrogen (secondary N) is 2. The Labute approximate surface area is 142 Å². The number of benzene rings is 2. The maximum absolute atomic E-state index is 12.2. The molecule has 1 aromatic heterocycles.